The SMILES string of the molecule is COc1ccc(C2(C#N)CCc3c(sc(N)c3C(N)=O)C2)cc1OC. The van der Waals surface area contributed by atoms with E-state index in [1.807, 2.05) is 12.1 Å². The lowest BCUT2D eigenvalue weighted by atomic mass is 9.70. The van der Waals surface area contributed by atoms with E-state index in [9.17, 15) is 10.1 Å². The number of hydrogen-bond donors (Lipinski definition) is 2. The molecule has 1 heterocycles. The number of thiophene rings is 1. The molecule has 1 aromatic carbocycles. The third-order valence-electron chi connectivity index (χ3n) is 4.78. The molecular weight excluding hydrogens is 338 g/mol. The van der Waals surface area contributed by atoms with Crippen LogP contribution in [0.4, 0.5) is 5.00 Å². The van der Waals surface area contributed by atoms with Crippen molar-refractivity contribution in [1.82, 2.24) is 0 Å². The number of rotatable bonds is 4. The van der Waals surface area contributed by atoms with Gasteiger partial charge < -0.3 is 20.9 Å². The highest BCUT2D eigenvalue weighted by Gasteiger charge is 2.40. The largest absolute Gasteiger partial charge is 0.493 e. The Kier molecular flexibility index (Phi) is 4.31. The van der Waals surface area contributed by atoms with Crippen molar-refractivity contribution < 1.29 is 14.3 Å². The highest BCUT2D eigenvalue weighted by Crippen LogP contribution is 2.45. The second-order valence-corrected chi connectivity index (χ2v) is 7.18. The molecule has 1 amide bonds. The quantitative estimate of drug-likeness (QED) is 0.873. The van der Waals surface area contributed by atoms with Gasteiger partial charge in [0.1, 0.15) is 0 Å². The standard InChI is InChI=1S/C18H19N3O3S/c1-23-12-4-3-10(7-13(12)24-2)18(9-19)6-5-11-14(8-18)25-17(21)15(11)16(20)22/h3-4,7H,5-6,8,21H2,1-2H3,(H2,20,22). The van der Waals surface area contributed by atoms with Crippen LogP contribution in [0.2, 0.25) is 0 Å². The zero-order chi connectivity index (χ0) is 18.2. The molecule has 0 saturated carbocycles. The molecule has 0 bridgehead atoms. The van der Waals surface area contributed by atoms with Crippen LogP contribution in [0.25, 0.3) is 0 Å². The van der Waals surface area contributed by atoms with E-state index in [-0.39, 0.29) is 0 Å². The van der Waals surface area contributed by atoms with Crippen molar-refractivity contribution in [1.29, 1.82) is 5.26 Å². The van der Waals surface area contributed by atoms with Crippen molar-refractivity contribution in [3.8, 4) is 17.6 Å². The van der Waals surface area contributed by atoms with Gasteiger partial charge in [-0.05, 0) is 36.1 Å². The zero-order valence-electron chi connectivity index (χ0n) is 14.1. The lowest BCUT2D eigenvalue weighted by Crippen LogP contribution is -2.32. The van der Waals surface area contributed by atoms with Crippen molar-refractivity contribution in [3.63, 3.8) is 0 Å². The van der Waals surface area contributed by atoms with Crippen molar-refractivity contribution in [2.75, 3.05) is 20.0 Å². The normalized spacial score (nSPS) is 18.9. The molecule has 1 aliphatic carbocycles. The molecule has 2 aromatic rings. The van der Waals surface area contributed by atoms with Gasteiger partial charge in [0.2, 0.25) is 0 Å². The number of nitrogens with zero attached hydrogens (tertiary/aromatic N) is 1. The van der Waals surface area contributed by atoms with Crippen LogP contribution in [-0.2, 0) is 18.3 Å². The molecule has 4 N–H and O–H groups in total. The fraction of sp³-hybridized carbons (Fsp3) is 0.333. The number of hydrogen-bond acceptors (Lipinski definition) is 6. The summed E-state index contributed by atoms with van der Waals surface area (Å²) in [5.41, 5.74) is 12.9. The van der Waals surface area contributed by atoms with Gasteiger partial charge in [0.15, 0.2) is 11.5 Å². The zero-order valence-corrected chi connectivity index (χ0v) is 14.9. The third kappa shape index (κ3) is 2.68. The number of nitrogen functional groups attached to an aromatic ring is 1. The number of nitrogens with two attached hydrogens (primary N) is 2. The van der Waals surface area contributed by atoms with Crippen LogP contribution in [-0.4, -0.2) is 20.1 Å². The maximum absolute atomic E-state index is 11.7. The van der Waals surface area contributed by atoms with E-state index >= 15 is 0 Å². The van der Waals surface area contributed by atoms with Crippen LogP contribution in [0.3, 0.4) is 0 Å². The second-order valence-electron chi connectivity index (χ2n) is 6.05. The first-order chi connectivity index (χ1) is 12.0. The molecule has 0 fully saturated rings. The van der Waals surface area contributed by atoms with Gasteiger partial charge in [-0.15, -0.1) is 11.3 Å². The summed E-state index contributed by atoms with van der Waals surface area (Å²) in [5, 5.41) is 10.4. The minimum atomic E-state index is -0.696. The number of amides is 1. The van der Waals surface area contributed by atoms with E-state index in [4.69, 9.17) is 20.9 Å². The summed E-state index contributed by atoms with van der Waals surface area (Å²) < 4.78 is 10.6. The molecule has 1 atom stereocenters. The van der Waals surface area contributed by atoms with Gasteiger partial charge >= 0.3 is 0 Å². The number of ether oxygens (including phenoxy) is 2. The number of carbonyl (C=O) groups is 1. The first-order valence-corrected chi connectivity index (χ1v) is 8.61. The third-order valence-corrected chi connectivity index (χ3v) is 5.84. The Balaban J connectivity index is 2.06. The highest BCUT2D eigenvalue weighted by atomic mass is 32.1. The maximum atomic E-state index is 11.7. The number of fused-ring (bicyclic) bond motifs is 1. The average Bonchev–Trinajstić information content (AvgIpc) is 2.95. The van der Waals surface area contributed by atoms with E-state index in [0.29, 0.717) is 41.3 Å². The lowest BCUT2D eigenvalue weighted by Gasteiger charge is -2.31. The monoisotopic (exact) mass is 357 g/mol. The van der Waals surface area contributed by atoms with E-state index < -0.39 is 11.3 Å². The Morgan fingerprint density at radius 3 is 2.64 bits per heavy atom. The number of benzene rings is 1. The van der Waals surface area contributed by atoms with Crippen molar-refractivity contribution in [2.45, 2.75) is 24.7 Å². The molecule has 1 aliphatic rings. The molecule has 7 heteroatoms. The number of methoxy groups -OCH3 is 2. The first kappa shape index (κ1) is 17.1. The first-order valence-electron chi connectivity index (χ1n) is 7.79. The summed E-state index contributed by atoms with van der Waals surface area (Å²) in [7, 11) is 3.14. The van der Waals surface area contributed by atoms with Gasteiger partial charge in [-0.1, -0.05) is 6.07 Å². The van der Waals surface area contributed by atoms with Gasteiger partial charge in [-0.25, -0.2) is 0 Å². The topological polar surface area (TPSA) is 111 Å². The number of nitriles is 1. The van der Waals surface area contributed by atoms with Gasteiger partial charge in [0.05, 0.1) is 36.3 Å². The van der Waals surface area contributed by atoms with Crippen LogP contribution >= 0.6 is 11.3 Å². The highest BCUT2D eigenvalue weighted by molar-refractivity contribution is 7.16. The van der Waals surface area contributed by atoms with E-state index in [0.717, 1.165) is 16.0 Å². The molecule has 0 aliphatic heterocycles. The molecular formula is C18H19N3O3S. The summed E-state index contributed by atoms with van der Waals surface area (Å²) in [5.74, 6) is 0.696. The van der Waals surface area contributed by atoms with Crippen molar-refractivity contribution in [2.24, 2.45) is 5.73 Å². The van der Waals surface area contributed by atoms with Gasteiger partial charge in [0.25, 0.3) is 5.91 Å². The Morgan fingerprint density at radius 1 is 1.32 bits per heavy atom. The molecule has 0 spiro atoms. The number of carbonyl (C=O) groups excluding carboxylic acids is 1. The van der Waals surface area contributed by atoms with Gasteiger partial charge in [-0.3, -0.25) is 4.79 Å². The lowest BCUT2D eigenvalue weighted by molar-refractivity contribution is 0.100. The Morgan fingerprint density at radius 2 is 2.04 bits per heavy atom. The molecule has 6 nitrogen and oxygen atoms in total. The number of primary amides is 1. The molecule has 1 unspecified atom stereocenters. The van der Waals surface area contributed by atoms with Crippen LogP contribution in [0.1, 0.15) is 32.8 Å². The van der Waals surface area contributed by atoms with Crippen LogP contribution in [0.15, 0.2) is 18.2 Å². The fourth-order valence-electron chi connectivity index (χ4n) is 3.45. The Bertz CT molecular complexity index is 884. The summed E-state index contributed by atoms with van der Waals surface area (Å²) in [6.07, 6.45) is 1.67. The van der Waals surface area contributed by atoms with Crippen LogP contribution in [0, 0.1) is 11.3 Å². The molecule has 3 rings (SSSR count). The summed E-state index contributed by atoms with van der Waals surface area (Å²) in [6.45, 7) is 0. The molecule has 25 heavy (non-hydrogen) atoms. The van der Waals surface area contributed by atoms with E-state index in [1.54, 1.807) is 20.3 Å². The number of anilines is 1. The van der Waals surface area contributed by atoms with Crippen molar-refractivity contribution in [3.05, 3.63) is 39.8 Å². The van der Waals surface area contributed by atoms with Crippen LogP contribution < -0.4 is 20.9 Å². The van der Waals surface area contributed by atoms with Crippen LogP contribution in [0.5, 0.6) is 11.5 Å². The van der Waals surface area contributed by atoms with Gasteiger partial charge in [0, 0.05) is 11.3 Å². The molecule has 0 radical (unpaired) electrons. The predicted molar refractivity (Wildman–Crippen MR) is 96.1 cm³/mol. The minimum Gasteiger partial charge on any atom is -0.493 e. The molecule has 1 aromatic heterocycles. The Labute approximate surface area is 150 Å². The maximum Gasteiger partial charge on any atom is 0.251 e. The van der Waals surface area contributed by atoms with E-state index in [2.05, 4.69) is 6.07 Å². The van der Waals surface area contributed by atoms with Gasteiger partial charge in [-0.2, -0.15) is 5.26 Å². The predicted octanol–water partition coefficient (Wildman–Crippen LogP) is 2.40. The summed E-state index contributed by atoms with van der Waals surface area (Å²) >= 11 is 1.34. The molecule has 0 saturated heterocycles. The van der Waals surface area contributed by atoms with Crippen molar-refractivity contribution >= 4 is 22.2 Å². The smallest absolute Gasteiger partial charge is 0.251 e. The second kappa shape index (κ2) is 6.30. The fourth-order valence-corrected chi connectivity index (χ4v) is 4.69. The average molecular weight is 357 g/mol. The van der Waals surface area contributed by atoms with E-state index in [1.165, 1.54) is 11.3 Å². The minimum absolute atomic E-state index is 0.416. The summed E-state index contributed by atoms with van der Waals surface area (Å²) in [6, 6.07) is 8.02. The Hall–Kier alpha value is -2.72. The summed E-state index contributed by atoms with van der Waals surface area (Å²) in [4.78, 5) is 12.6. The molecule has 130 valence electrons.